The van der Waals surface area contributed by atoms with Crippen molar-refractivity contribution in [2.75, 3.05) is 18.0 Å². The number of thiophene rings is 1. The van der Waals surface area contributed by atoms with E-state index in [1.807, 2.05) is 18.2 Å². The van der Waals surface area contributed by atoms with Crippen molar-refractivity contribution in [3.05, 3.63) is 29.1 Å². The van der Waals surface area contributed by atoms with Gasteiger partial charge in [0.05, 0.1) is 0 Å². The molecule has 1 heterocycles. The van der Waals surface area contributed by atoms with Crippen LogP contribution in [0.15, 0.2) is 24.3 Å². The molecule has 1 aromatic carbocycles. The monoisotopic (exact) mass is 249 g/mol. The van der Waals surface area contributed by atoms with E-state index in [1.54, 1.807) is 6.07 Å². The lowest BCUT2D eigenvalue weighted by Gasteiger charge is -2.21. The second kappa shape index (κ2) is 4.75. The van der Waals surface area contributed by atoms with Crippen LogP contribution in [0.2, 0.25) is 0 Å². The molecule has 3 nitrogen and oxygen atoms in total. The zero-order valence-corrected chi connectivity index (χ0v) is 10.8. The van der Waals surface area contributed by atoms with Crippen molar-refractivity contribution in [3.63, 3.8) is 0 Å². The third kappa shape index (κ3) is 2.13. The number of aromatic carboxylic acids is 1. The number of carboxylic acid groups (broad SMARTS) is 1. The maximum atomic E-state index is 11.0. The van der Waals surface area contributed by atoms with Crippen molar-refractivity contribution < 1.29 is 9.90 Å². The van der Waals surface area contributed by atoms with Gasteiger partial charge in [0.2, 0.25) is 0 Å². The maximum Gasteiger partial charge on any atom is 0.345 e. The fraction of sp³-hybridized carbons (Fsp3) is 0.308. The number of nitrogens with zero attached hydrogens (tertiary/aromatic N) is 1. The first-order valence-electron chi connectivity index (χ1n) is 5.68. The summed E-state index contributed by atoms with van der Waals surface area (Å²) in [7, 11) is 0. The molecule has 2 rings (SSSR count). The summed E-state index contributed by atoms with van der Waals surface area (Å²) in [5.41, 5.74) is 1.12. The van der Waals surface area contributed by atoms with Gasteiger partial charge >= 0.3 is 5.97 Å². The molecule has 0 atom stereocenters. The minimum atomic E-state index is -0.850. The number of hydrogen-bond acceptors (Lipinski definition) is 3. The fourth-order valence-corrected chi connectivity index (χ4v) is 2.91. The van der Waals surface area contributed by atoms with Crippen LogP contribution in [0.3, 0.4) is 0 Å². The Labute approximate surface area is 104 Å². The molecule has 0 saturated heterocycles. The van der Waals surface area contributed by atoms with Gasteiger partial charge in [-0.2, -0.15) is 0 Å². The predicted molar refractivity (Wildman–Crippen MR) is 72.3 cm³/mol. The Morgan fingerprint density at radius 1 is 1.35 bits per heavy atom. The third-order valence-corrected chi connectivity index (χ3v) is 3.94. The summed E-state index contributed by atoms with van der Waals surface area (Å²) in [6.07, 6.45) is 0. The van der Waals surface area contributed by atoms with E-state index >= 15 is 0 Å². The fourth-order valence-electron chi connectivity index (χ4n) is 1.99. The first-order valence-corrected chi connectivity index (χ1v) is 6.49. The second-order valence-electron chi connectivity index (χ2n) is 3.78. The smallest absolute Gasteiger partial charge is 0.345 e. The molecule has 4 heteroatoms. The number of anilines is 1. The average Bonchev–Trinajstić information content (AvgIpc) is 2.75. The Morgan fingerprint density at radius 3 is 2.65 bits per heavy atom. The zero-order valence-electron chi connectivity index (χ0n) is 9.93. The van der Waals surface area contributed by atoms with E-state index in [0.29, 0.717) is 4.88 Å². The molecule has 0 aliphatic heterocycles. The van der Waals surface area contributed by atoms with E-state index in [2.05, 4.69) is 18.7 Å². The van der Waals surface area contributed by atoms with Gasteiger partial charge in [-0.3, -0.25) is 0 Å². The van der Waals surface area contributed by atoms with E-state index in [1.165, 1.54) is 11.3 Å². The highest BCUT2D eigenvalue weighted by Crippen LogP contribution is 2.33. The number of hydrogen-bond donors (Lipinski definition) is 1. The molecule has 17 heavy (non-hydrogen) atoms. The van der Waals surface area contributed by atoms with Gasteiger partial charge in [0, 0.05) is 28.9 Å². The van der Waals surface area contributed by atoms with Gasteiger partial charge in [-0.15, -0.1) is 11.3 Å². The van der Waals surface area contributed by atoms with Crippen molar-refractivity contribution >= 4 is 33.1 Å². The molecular formula is C13H15NO2S. The average molecular weight is 249 g/mol. The van der Waals surface area contributed by atoms with Gasteiger partial charge in [0.15, 0.2) is 0 Å². The van der Waals surface area contributed by atoms with Crippen LogP contribution >= 0.6 is 11.3 Å². The highest BCUT2D eigenvalue weighted by molar-refractivity contribution is 7.20. The first-order chi connectivity index (χ1) is 8.17. The third-order valence-electron chi connectivity index (χ3n) is 2.85. The highest BCUT2D eigenvalue weighted by Gasteiger charge is 2.13. The van der Waals surface area contributed by atoms with Gasteiger partial charge < -0.3 is 10.0 Å². The van der Waals surface area contributed by atoms with Crippen molar-refractivity contribution in [3.8, 4) is 0 Å². The molecule has 1 aromatic heterocycles. The molecule has 0 unspecified atom stereocenters. The Morgan fingerprint density at radius 2 is 2.06 bits per heavy atom. The normalized spacial score (nSPS) is 10.7. The summed E-state index contributed by atoms with van der Waals surface area (Å²) in [6, 6.07) is 7.78. The lowest BCUT2D eigenvalue weighted by molar-refractivity contribution is 0.0702. The molecule has 0 aliphatic rings. The van der Waals surface area contributed by atoms with E-state index in [0.717, 1.165) is 28.9 Å². The number of rotatable bonds is 4. The standard InChI is InChI=1S/C13H15NO2S/c1-3-14(4-2)10-6-5-7-11-9(10)8-12(17-11)13(15)16/h5-8H,3-4H2,1-2H3,(H,15,16). The van der Waals surface area contributed by atoms with Gasteiger partial charge in [-0.05, 0) is 32.0 Å². The van der Waals surface area contributed by atoms with Gasteiger partial charge in [-0.25, -0.2) is 4.79 Å². The summed E-state index contributed by atoms with van der Waals surface area (Å²) in [4.78, 5) is 13.6. The SMILES string of the molecule is CCN(CC)c1cccc2sc(C(=O)O)cc12. The Balaban J connectivity index is 2.60. The molecule has 2 aromatic rings. The lowest BCUT2D eigenvalue weighted by atomic mass is 10.2. The quantitative estimate of drug-likeness (QED) is 0.902. The maximum absolute atomic E-state index is 11.0. The number of carbonyl (C=O) groups is 1. The minimum absolute atomic E-state index is 0.402. The van der Waals surface area contributed by atoms with Crippen molar-refractivity contribution in [1.82, 2.24) is 0 Å². The Bertz CT molecular complexity index is 543. The number of fused-ring (bicyclic) bond motifs is 1. The Hall–Kier alpha value is -1.55. The molecule has 0 radical (unpaired) electrons. The van der Waals surface area contributed by atoms with Crippen LogP contribution in [0.1, 0.15) is 23.5 Å². The molecule has 0 fully saturated rings. The van der Waals surface area contributed by atoms with Crippen LogP contribution in [-0.4, -0.2) is 24.2 Å². The molecule has 0 saturated carbocycles. The Kier molecular flexibility index (Phi) is 3.33. The van der Waals surface area contributed by atoms with Gasteiger partial charge in [0.25, 0.3) is 0 Å². The number of carboxylic acids is 1. The topological polar surface area (TPSA) is 40.5 Å². The van der Waals surface area contributed by atoms with Crippen molar-refractivity contribution in [2.24, 2.45) is 0 Å². The van der Waals surface area contributed by atoms with Crippen LogP contribution < -0.4 is 4.90 Å². The largest absolute Gasteiger partial charge is 0.477 e. The summed E-state index contributed by atoms with van der Waals surface area (Å²) in [6.45, 7) is 6.06. The van der Waals surface area contributed by atoms with Crippen LogP contribution in [0.25, 0.3) is 10.1 Å². The van der Waals surface area contributed by atoms with Crippen LogP contribution in [0.5, 0.6) is 0 Å². The van der Waals surface area contributed by atoms with E-state index in [9.17, 15) is 4.79 Å². The molecular weight excluding hydrogens is 234 g/mol. The van der Waals surface area contributed by atoms with Crippen molar-refractivity contribution in [2.45, 2.75) is 13.8 Å². The van der Waals surface area contributed by atoms with E-state index < -0.39 is 5.97 Å². The van der Waals surface area contributed by atoms with Gasteiger partial charge in [0.1, 0.15) is 4.88 Å². The zero-order chi connectivity index (χ0) is 12.4. The summed E-state index contributed by atoms with van der Waals surface area (Å²) in [5, 5.41) is 10.1. The molecule has 1 N–H and O–H groups in total. The van der Waals surface area contributed by atoms with E-state index in [-0.39, 0.29) is 0 Å². The minimum Gasteiger partial charge on any atom is -0.477 e. The predicted octanol–water partition coefficient (Wildman–Crippen LogP) is 3.45. The summed E-state index contributed by atoms with van der Waals surface area (Å²) >= 11 is 1.33. The van der Waals surface area contributed by atoms with E-state index in [4.69, 9.17) is 5.11 Å². The first kappa shape index (κ1) is 11.9. The van der Waals surface area contributed by atoms with Crippen molar-refractivity contribution in [1.29, 1.82) is 0 Å². The molecule has 0 amide bonds. The van der Waals surface area contributed by atoms with Crippen LogP contribution in [0, 0.1) is 0 Å². The molecule has 90 valence electrons. The molecule has 0 spiro atoms. The molecule has 0 bridgehead atoms. The lowest BCUT2D eigenvalue weighted by Crippen LogP contribution is -2.21. The highest BCUT2D eigenvalue weighted by atomic mass is 32.1. The second-order valence-corrected chi connectivity index (χ2v) is 4.86. The summed E-state index contributed by atoms with van der Waals surface area (Å²) < 4.78 is 1.03. The van der Waals surface area contributed by atoms with Crippen LogP contribution in [0.4, 0.5) is 5.69 Å². The van der Waals surface area contributed by atoms with Gasteiger partial charge in [-0.1, -0.05) is 6.07 Å². The number of benzene rings is 1. The summed E-state index contributed by atoms with van der Waals surface area (Å²) in [5.74, 6) is -0.850. The molecule has 0 aliphatic carbocycles. The van der Waals surface area contributed by atoms with Crippen LogP contribution in [-0.2, 0) is 0 Å².